The normalized spacial score (nSPS) is 45.6. The average molecular weight is 430 g/mol. The van der Waals surface area contributed by atoms with Crippen LogP contribution in [0.1, 0.15) is 144 Å². The van der Waals surface area contributed by atoms with Crippen molar-refractivity contribution >= 4 is 0 Å². The molecule has 2 heterocycles. The third-order valence-electron chi connectivity index (χ3n) is 11.0. The first kappa shape index (κ1) is 24.1. The lowest BCUT2D eigenvalue weighted by molar-refractivity contribution is -0.0461. The van der Waals surface area contributed by atoms with Crippen molar-refractivity contribution in [3.63, 3.8) is 0 Å². The van der Waals surface area contributed by atoms with E-state index in [9.17, 15) is 0 Å². The average Bonchev–Trinajstić information content (AvgIpc) is 3.29. The summed E-state index contributed by atoms with van der Waals surface area (Å²) in [6.45, 7) is 14.3. The topological polar surface area (TPSA) is 3.24 Å². The SMILES string of the molecule is CC1CCCCC2C3CCCCCC(C)(C)CCCCN3C3(C)CC3(C)C2CCCC1. The molecular formula is C30H55N. The molecule has 0 aromatic rings. The third kappa shape index (κ3) is 5.07. The van der Waals surface area contributed by atoms with Crippen LogP contribution in [-0.2, 0) is 0 Å². The lowest BCUT2D eigenvalue weighted by Gasteiger charge is -2.53. The van der Waals surface area contributed by atoms with E-state index < -0.39 is 0 Å². The molecule has 0 aromatic heterocycles. The van der Waals surface area contributed by atoms with Crippen LogP contribution in [0.4, 0.5) is 0 Å². The Morgan fingerprint density at radius 3 is 2.00 bits per heavy atom. The van der Waals surface area contributed by atoms with E-state index >= 15 is 0 Å². The molecule has 0 radical (unpaired) electrons. The number of hydrogen-bond acceptors (Lipinski definition) is 1. The van der Waals surface area contributed by atoms with Gasteiger partial charge in [-0.15, -0.1) is 0 Å². The van der Waals surface area contributed by atoms with Gasteiger partial charge in [0.05, 0.1) is 0 Å². The molecule has 0 amide bonds. The molecule has 2 saturated carbocycles. The van der Waals surface area contributed by atoms with Gasteiger partial charge in [-0.25, -0.2) is 0 Å². The first-order chi connectivity index (χ1) is 14.8. The molecule has 2 aliphatic heterocycles. The minimum absolute atomic E-state index is 0.506. The van der Waals surface area contributed by atoms with Gasteiger partial charge in [0.25, 0.3) is 0 Å². The second-order valence-electron chi connectivity index (χ2n) is 13.8. The van der Waals surface area contributed by atoms with Crippen molar-refractivity contribution < 1.29 is 0 Å². The van der Waals surface area contributed by atoms with E-state index in [1.165, 1.54) is 116 Å². The maximum atomic E-state index is 3.13. The standard InChI is InChI=1S/C30H55N/c1-24-15-8-10-17-25-26(18-11-9-16-24)29(4)23-30(29,5)31-22-14-13-21-28(2,3)20-12-6-7-19-27(25)31/h24-27H,6-23H2,1-5H3. The Balaban J connectivity index is 1.55. The summed E-state index contributed by atoms with van der Waals surface area (Å²) in [5, 5.41) is 0. The molecule has 6 unspecified atom stereocenters. The van der Waals surface area contributed by atoms with Crippen LogP contribution in [0.3, 0.4) is 0 Å². The molecule has 0 N–H and O–H groups in total. The number of rotatable bonds is 0. The second kappa shape index (κ2) is 9.68. The molecule has 6 atom stereocenters. The van der Waals surface area contributed by atoms with Crippen molar-refractivity contribution in [1.29, 1.82) is 0 Å². The van der Waals surface area contributed by atoms with Gasteiger partial charge in [0, 0.05) is 11.6 Å². The lowest BCUT2D eigenvalue weighted by atomic mass is 9.65. The van der Waals surface area contributed by atoms with E-state index in [4.69, 9.17) is 0 Å². The van der Waals surface area contributed by atoms with Gasteiger partial charge in [-0.05, 0) is 87.0 Å². The Hall–Kier alpha value is -0.0400. The van der Waals surface area contributed by atoms with Gasteiger partial charge >= 0.3 is 0 Å². The highest BCUT2D eigenvalue weighted by atomic mass is 15.3. The molecule has 0 aromatic carbocycles. The van der Waals surface area contributed by atoms with Crippen molar-refractivity contribution in [3.8, 4) is 0 Å². The van der Waals surface area contributed by atoms with Crippen molar-refractivity contribution in [3.05, 3.63) is 0 Å². The summed E-state index contributed by atoms with van der Waals surface area (Å²) in [5.41, 5.74) is 1.67. The van der Waals surface area contributed by atoms with E-state index in [1.807, 2.05) is 0 Å². The van der Waals surface area contributed by atoms with Crippen molar-refractivity contribution in [1.82, 2.24) is 4.90 Å². The minimum atomic E-state index is 0.506. The molecule has 0 spiro atoms. The Kier molecular flexibility index (Phi) is 7.52. The summed E-state index contributed by atoms with van der Waals surface area (Å²) in [6, 6.07) is 0.885. The zero-order valence-corrected chi connectivity index (χ0v) is 22.0. The van der Waals surface area contributed by atoms with Gasteiger partial charge in [0.1, 0.15) is 0 Å². The lowest BCUT2D eigenvalue weighted by Crippen LogP contribution is -2.57. The number of fused-ring (bicyclic) bond motifs is 6. The predicted octanol–water partition coefficient (Wildman–Crippen LogP) is 9.00. The summed E-state index contributed by atoms with van der Waals surface area (Å²) >= 11 is 0. The molecule has 31 heavy (non-hydrogen) atoms. The largest absolute Gasteiger partial charge is 0.294 e. The molecular weight excluding hydrogens is 374 g/mol. The summed E-state index contributed by atoms with van der Waals surface area (Å²) in [6.07, 6.45) is 25.1. The second-order valence-corrected chi connectivity index (χ2v) is 13.8. The van der Waals surface area contributed by atoms with Gasteiger partial charge in [-0.3, -0.25) is 4.90 Å². The summed E-state index contributed by atoms with van der Waals surface area (Å²) < 4.78 is 0. The Morgan fingerprint density at radius 1 is 0.645 bits per heavy atom. The van der Waals surface area contributed by atoms with Crippen LogP contribution >= 0.6 is 0 Å². The van der Waals surface area contributed by atoms with E-state index in [0.29, 0.717) is 16.4 Å². The van der Waals surface area contributed by atoms with Crippen LogP contribution in [-0.4, -0.2) is 23.0 Å². The first-order valence-electron chi connectivity index (χ1n) is 14.5. The van der Waals surface area contributed by atoms with Gasteiger partial charge in [-0.1, -0.05) is 91.9 Å². The number of hydrogen-bond donors (Lipinski definition) is 0. The fraction of sp³-hybridized carbons (Fsp3) is 1.00. The van der Waals surface area contributed by atoms with E-state index in [-0.39, 0.29) is 0 Å². The Bertz CT molecular complexity index is 581. The van der Waals surface area contributed by atoms with Crippen molar-refractivity contribution in [2.45, 2.75) is 155 Å². The van der Waals surface area contributed by atoms with Crippen LogP contribution in [0.15, 0.2) is 0 Å². The molecule has 0 bridgehead atoms. The van der Waals surface area contributed by atoms with E-state index in [1.54, 1.807) is 0 Å². The zero-order valence-electron chi connectivity index (χ0n) is 22.0. The fourth-order valence-electron chi connectivity index (χ4n) is 8.70. The fourth-order valence-corrected chi connectivity index (χ4v) is 8.70. The molecule has 4 rings (SSSR count). The van der Waals surface area contributed by atoms with Crippen molar-refractivity contribution in [2.24, 2.45) is 28.6 Å². The van der Waals surface area contributed by atoms with Crippen molar-refractivity contribution in [2.75, 3.05) is 6.54 Å². The van der Waals surface area contributed by atoms with Crippen LogP contribution < -0.4 is 0 Å². The van der Waals surface area contributed by atoms with Gasteiger partial charge in [0.2, 0.25) is 0 Å². The zero-order chi connectivity index (χ0) is 22.1. The highest BCUT2D eigenvalue weighted by molar-refractivity contribution is 5.25. The third-order valence-corrected chi connectivity index (χ3v) is 11.0. The van der Waals surface area contributed by atoms with Gasteiger partial charge < -0.3 is 0 Å². The minimum Gasteiger partial charge on any atom is -0.294 e. The molecule has 2 aliphatic carbocycles. The Labute approximate surface area is 195 Å². The maximum absolute atomic E-state index is 3.13. The van der Waals surface area contributed by atoms with Crippen LogP contribution in [0.2, 0.25) is 0 Å². The Morgan fingerprint density at radius 2 is 1.26 bits per heavy atom. The summed E-state index contributed by atoms with van der Waals surface area (Å²) in [4.78, 5) is 3.13. The number of nitrogens with zero attached hydrogens (tertiary/aromatic N) is 1. The van der Waals surface area contributed by atoms with Gasteiger partial charge in [0.15, 0.2) is 0 Å². The molecule has 4 aliphatic rings. The molecule has 2 saturated heterocycles. The van der Waals surface area contributed by atoms with E-state index in [0.717, 1.165) is 23.8 Å². The van der Waals surface area contributed by atoms with Crippen LogP contribution in [0, 0.1) is 28.6 Å². The first-order valence-corrected chi connectivity index (χ1v) is 14.5. The monoisotopic (exact) mass is 429 g/mol. The van der Waals surface area contributed by atoms with E-state index in [2.05, 4.69) is 39.5 Å². The summed E-state index contributed by atoms with van der Waals surface area (Å²) in [5.74, 6) is 2.94. The van der Waals surface area contributed by atoms with Crippen LogP contribution in [0.25, 0.3) is 0 Å². The molecule has 4 fully saturated rings. The molecule has 180 valence electrons. The van der Waals surface area contributed by atoms with Gasteiger partial charge in [-0.2, -0.15) is 0 Å². The highest BCUT2D eigenvalue weighted by Crippen LogP contribution is 2.71. The molecule has 1 nitrogen and oxygen atoms in total. The molecule has 1 heteroatoms. The number of piperidine rings is 1. The summed E-state index contributed by atoms with van der Waals surface area (Å²) in [7, 11) is 0. The highest BCUT2D eigenvalue weighted by Gasteiger charge is 2.72. The predicted molar refractivity (Wildman–Crippen MR) is 135 cm³/mol. The maximum Gasteiger partial charge on any atom is 0.0247 e. The smallest absolute Gasteiger partial charge is 0.0247 e. The van der Waals surface area contributed by atoms with Crippen LogP contribution in [0.5, 0.6) is 0 Å². The quantitative estimate of drug-likeness (QED) is 0.371.